The Bertz CT molecular complexity index is 479. The molecule has 2 aliphatic rings. The monoisotopic (exact) mass is 262 g/mol. The molecule has 1 saturated heterocycles. The van der Waals surface area contributed by atoms with E-state index in [1.54, 1.807) is 6.33 Å². The van der Waals surface area contributed by atoms with E-state index >= 15 is 0 Å². The van der Waals surface area contributed by atoms with Gasteiger partial charge >= 0.3 is 6.09 Å². The van der Waals surface area contributed by atoms with Crippen molar-refractivity contribution >= 4 is 11.9 Å². The van der Waals surface area contributed by atoms with Crippen molar-refractivity contribution in [1.82, 2.24) is 15.3 Å². The molecule has 19 heavy (non-hydrogen) atoms. The quantitative estimate of drug-likeness (QED) is 0.839. The molecule has 0 spiro atoms. The number of aromatic nitrogens is 2. The van der Waals surface area contributed by atoms with Crippen LogP contribution in [0.3, 0.4) is 0 Å². The molecule has 102 valence electrons. The molecule has 2 heterocycles. The number of fused-ring (bicyclic) bond motifs is 2. The van der Waals surface area contributed by atoms with Crippen molar-refractivity contribution in [2.45, 2.75) is 25.8 Å². The van der Waals surface area contributed by atoms with E-state index in [9.17, 15) is 4.79 Å². The van der Waals surface area contributed by atoms with Crippen molar-refractivity contribution in [1.29, 1.82) is 0 Å². The fraction of sp³-hybridized carbons (Fsp3) is 0.615. The topological polar surface area (TPSA) is 78.4 Å². The van der Waals surface area contributed by atoms with Crippen molar-refractivity contribution in [3.05, 3.63) is 18.1 Å². The standard InChI is InChI=1S/C13H18N4O2/c1-8-4-11(15-7-14-8)17-5-9-2-3-10(6-17)12(9)16-13(18)19/h4,7,9-10,12,16H,2-3,5-6H2,1H3,(H,18,19)/t9-,10+,12?. The maximum absolute atomic E-state index is 10.8. The number of anilines is 1. The van der Waals surface area contributed by atoms with Gasteiger partial charge in [-0.25, -0.2) is 14.8 Å². The largest absolute Gasteiger partial charge is 0.465 e. The van der Waals surface area contributed by atoms with Gasteiger partial charge < -0.3 is 15.3 Å². The van der Waals surface area contributed by atoms with Crippen LogP contribution in [0.5, 0.6) is 0 Å². The van der Waals surface area contributed by atoms with Gasteiger partial charge in [0.25, 0.3) is 0 Å². The summed E-state index contributed by atoms with van der Waals surface area (Å²) < 4.78 is 0. The first kappa shape index (κ1) is 12.2. The minimum atomic E-state index is -0.909. The molecule has 1 aliphatic heterocycles. The van der Waals surface area contributed by atoms with Crippen molar-refractivity contribution in [2.75, 3.05) is 18.0 Å². The summed E-state index contributed by atoms with van der Waals surface area (Å²) in [6.07, 6.45) is 2.87. The first-order valence-electron chi connectivity index (χ1n) is 6.66. The summed E-state index contributed by atoms with van der Waals surface area (Å²) in [5.41, 5.74) is 0.961. The van der Waals surface area contributed by atoms with Crippen LogP contribution in [-0.4, -0.2) is 40.3 Å². The van der Waals surface area contributed by atoms with E-state index in [1.165, 1.54) is 0 Å². The van der Waals surface area contributed by atoms with Gasteiger partial charge in [-0.05, 0) is 31.6 Å². The molecule has 1 aliphatic carbocycles. The van der Waals surface area contributed by atoms with Crippen LogP contribution in [0.25, 0.3) is 0 Å². The van der Waals surface area contributed by atoms with E-state index in [2.05, 4.69) is 20.2 Å². The van der Waals surface area contributed by atoms with Gasteiger partial charge in [0.05, 0.1) is 0 Å². The van der Waals surface area contributed by atoms with Crippen LogP contribution in [0.1, 0.15) is 18.5 Å². The first-order chi connectivity index (χ1) is 9.13. The van der Waals surface area contributed by atoms with E-state index in [1.807, 2.05) is 13.0 Å². The molecule has 1 unspecified atom stereocenters. The number of piperidine rings is 1. The predicted molar refractivity (Wildman–Crippen MR) is 70.1 cm³/mol. The zero-order valence-corrected chi connectivity index (χ0v) is 10.9. The van der Waals surface area contributed by atoms with Gasteiger partial charge in [-0.1, -0.05) is 0 Å². The fourth-order valence-corrected chi connectivity index (χ4v) is 3.40. The van der Waals surface area contributed by atoms with Gasteiger partial charge in [0.2, 0.25) is 0 Å². The maximum Gasteiger partial charge on any atom is 0.404 e. The van der Waals surface area contributed by atoms with Gasteiger partial charge in [0, 0.05) is 30.9 Å². The van der Waals surface area contributed by atoms with E-state index in [0.29, 0.717) is 11.8 Å². The normalized spacial score (nSPS) is 29.3. The number of hydrogen-bond acceptors (Lipinski definition) is 4. The lowest BCUT2D eigenvalue weighted by Gasteiger charge is -2.38. The third kappa shape index (κ3) is 2.34. The summed E-state index contributed by atoms with van der Waals surface area (Å²) in [6, 6.07) is 2.10. The summed E-state index contributed by atoms with van der Waals surface area (Å²) in [7, 11) is 0. The van der Waals surface area contributed by atoms with Crippen molar-refractivity contribution in [2.24, 2.45) is 11.8 Å². The molecule has 2 fully saturated rings. The van der Waals surface area contributed by atoms with Crippen LogP contribution >= 0.6 is 0 Å². The lowest BCUT2D eigenvalue weighted by molar-refractivity contribution is 0.178. The lowest BCUT2D eigenvalue weighted by Crippen LogP contribution is -2.52. The van der Waals surface area contributed by atoms with Crippen molar-refractivity contribution < 1.29 is 9.90 Å². The van der Waals surface area contributed by atoms with Gasteiger partial charge in [0.15, 0.2) is 0 Å². The Labute approximate surface area is 111 Å². The Morgan fingerprint density at radius 2 is 2.05 bits per heavy atom. The van der Waals surface area contributed by atoms with Gasteiger partial charge in [-0.15, -0.1) is 0 Å². The van der Waals surface area contributed by atoms with Crippen LogP contribution in [0.15, 0.2) is 12.4 Å². The molecule has 0 aromatic carbocycles. The number of hydrogen-bond donors (Lipinski definition) is 2. The molecular weight excluding hydrogens is 244 g/mol. The Hall–Kier alpha value is -1.85. The SMILES string of the molecule is Cc1cc(N2C[C@H]3CC[C@@H](C2)C3NC(=O)O)ncn1. The number of amides is 1. The predicted octanol–water partition coefficient (Wildman–Crippen LogP) is 1.27. The van der Waals surface area contributed by atoms with E-state index in [-0.39, 0.29) is 6.04 Å². The fourth-order valence-electron chi connectivity index (χ4n) is 3.40. The minimum Gasteiger partial charge on any atom is -0.465 e. The lowest BCUT2D eigenvalue weighted by atomic mass is 9.92. The second-order valence-electron chi connectivity index (χ2n) is 5.50. The van der Waals surface area contributed by atoms with Gasteiger partial charge in [-0.3, -0.25) is 0 Å². The molecule has 0 radical (unpaired) electrons. The number of aryl methyl sites for hydroxylation is 1. The molecule has 2 bridgehead atoms. The number of rotatable bonds is 2. The van der Waals surface area contributed by atoms with Crippen LogP contribution in [-0.2, 0) is 0 Å². The molecule has 3 atom stereocenters. The van der Waals surface area contributed by atoms with Gasteiger partial charge in [0.1, 0.15) is 12.1 Å². The summed E-state index contributed by atoms with van der Waals surface area (Å²) in [4.78, 5) is 21.5. The highest BCUT2D eigenvalue weighted by Gasteiger charge is 2.43. The molecule has 2 N–H and O–H groups in total. The van der Waals surface area contributed by atoms with Crippen LogP contribution < -0.4 is 10.2 Å². The second-order valence-corrected chi connectivity index (χ2v) is 5.50. The molecule has 6 heteroatoms. The van der Waals surface area contributed by atoms with Crippen molar-refractivity contribution in [3.63, 3.8) is 0 Å². The number of nitrogens with zero attached hydrogens (tertiary/aromatic N) is 3. The minimum absolute atomic E-state index is 0.108. The highest BCUT2D eigenvalue weighted by Crippen LogP contribution is 2.38. The number of carboxylic acid groups (broad SMARTS) is 1. The van der Waals surface area contributed by atoms with E-state index in [4.69, 9.17) is 5.11 Å². The van der Waals surface area contributed by atoms with E-state index < -0.39 is 6.09 Å². The molecule has 6 nitrogen and oxygen atoms in total. The average Bonchev–Trinajstić information content (AvgIpc) is 2.61. The Kier molecular flexibility index (Phi) is 3.00. The molecular formula is C13H18N4O2. The summed E-state index contributed by atoms with van der Waals surface area (Å²) in [5.74, 6) is 1.74. The first-order valence-corrected chi connectivity index (χ1v) is 6.66. The number of carbonyl (C=O) groups is 1. The third-order valence-electron chi connectivity index (χ3n) is 4.24. The average molecular weight is 262 g/mol. The Morgan fingerprint density at radius 3 is 2.63 bits per heavy atom. The van der Waals surface area contributed by atoms with Crippen molar-refractivity contribution in [3.8, 4) is 0 Å². The highest BCUT2D eigenvalue weighted by molar-refractivity contribution is 5.65. The molecule has 1 aromatic rings. The molecule has 1 amide bonds. The zero-order valence-electron chi connectivity index (χ0n) is 10.9. The summed E-state index contributed by atoms with van der Waals surface area (Å²) >= 11 is 0. The smallest absolute Gasteiger partial charge is 0.404 e. The second kappa shape index (κ2) is 4.68. The summed E-state index contributed by atoms with van der Waals surface area (Å²) in [6.45, 7) is 3.70. The highest BCUT2D eigenvalue weighted by atomic mass is 16.4. The van der Waals surface area contributed by atoms with Crippen LogP contribution in [0.2, 0.25) is 0 Å². The van der Waals surface area contributed by atoms with Crippen LogP contribution in [0, 0.1) is 18.8 Å². The van der Waals surface area contributed by atoms with Gasteiger partial charge in [-0.2, -0.15) is 0 Å². The summed E-state index contributed by atoms with van der Waals surface area (Å²) in [5, 5.41) is 11.6. The van der Waals surface area contributed by atoms with Crippen LogP contribution in [0.4, 0.5) is 10.6 Å². The molecule has 1 saturated carbocycles. The van der Waals surface area contributed by atoms with E-state index in [0.717, 1.165) is 37.4 Å². The molecule has 3 rings (SSSR count). The zero-order chi connectivity index (χ0) is 13.4. The maximum atomic E-state index is 10.8. The Balaban J connectivity index is 1.75. The third-order valence-corrected chi connectivity index (χ3v) is 4.24. The number of nitrogens with one attached hydrogen (secondary N) is 1. The Morgan fingerprint density at radius 1 is 1.37 bits per heavy atom. The molecule has 1 aromatic heterocycles.